The molecule has 0 N–H and O–H groups in total. The van der Waals surface area contributed by atoms with Crippen molar-refractivity contribution in [2.45, 2.75) is 33.6 Å². The highest BCUT2D eigenvalue weighted by atomic mass is 32.2. The molecule has 0 fully saturated rings. The van der Waals surface area contributed by atoms with Crippen LogP contribution < -0.4 is 0 Å². The van der Waals surface area contributed by atoms with E-state index in [0.717, 1.165) is 18.4 Å². The van der Waals surface area contributed by atoms with E-state index in [1.165, 1.54) is 5.57 Å². The fourth-order valence-corrected chi connectivity index (χ4v) is 2.41. The summed E-state index contributed by atoms with van der Waals surface area (Å²) >= 11 is 0. The van der Waals surface area contributed by atoms with Gasteiger partial charge in [0.25, 0.3) is 0 Å². The average Bonchev–Trinajstić information content (AvgIpc) is 2.26. The van der Waals surface area contributed by atoms with Crippen molar-refractivity contribution in [3.8, 4) is 0 Å². The highest BCUT2D eigenvalue weighted by molar-refractivity contribution is 7.91. The molecule has 0 heterocycles. The minimum atomic E-state index is -3.02. The van der Waals surface area contributed by atoms with Gasteiger partial charge in [-0.15, -0.1) is 0 Å². The first-order chi connectivity index (χ1) is 8.37. The monoisotopic (exact) mass is 268 g/mol. The van der Waals surface area contributed by atoms with Crippen LogP contribution in [0.1, 0.15) is 33.6 Å². The van der Waals surface area contributed by atoms with Crippen molar-refractivity contribution in [1.29, 1.82) is 0 Å². The smallest absolute Gasteiger partial charge is 0.157 e. The van der Waals surface area contributed by atoms with Gasteiger partial charge in [0.15, 0.2) is 9.84 Å². The van der Waals surface area contributed by atoms with Crippen LogP contribution in [0.2, 0.25) is 0 Å². The van der Waals surface area contributed by atoms with E-state index in [-0.39, 0.29) is 11.5 Å². The molecular weight excluding hydrogens is 244 g/mol. The van der Waals surface area contributed by atoms with E-state index in [0.29, 0.717) is 0 Å². The van der Waals surface area contributed by atoms with Crippen molar-refractivity contribution in [3.05, 3.63) is 48.1 Å². The molecule has 0 rings (SSSR count). The van der Waals surface area contributed by atoms with Crippen LogP contribution in [0.5, 0.6) is 0 Å². The average molecular weight is 268 g/mol. The summed E-state index contributed by atoms with van der Waals surface area (Å²) in [7, 11) is -3.02. The summed E-state index contributed by atoms with van der Waals surface area (Å²) in [5, 5.41) is 0. The number of hydrogen-bond acceptors (Lipinski definition) is 2. The molecule has 2 nitrogen and oxygen atoms in total. The molecule has 0 aliphatic rings. The summed E-state index contributed by atoms with van der Waals surface area (Å²) in [6, 6.07) is 0. The van der Waals surface area contributed by atoms with Crippen LogP contribution >= 0.6 is 0 Å². The second kappa shape index (κ2) is 8.92. The van der Waals surface area contributed by atoms with Gasteiger partial charge in [0.2, 0.25) is 0 Å². The van der Waals surface area contributed by atoms with Gasteiger partial charge in [0, 0.05) is 0 Å². The standard InChI is InChI=1S/C15H24O2S/c1-5-6-7-12-18(16,17)13-11-15(4)10-8-9-14(2)3/h5-7,9,11H,1,8,10,12-13H2,2-4H3/b7-6?,15-11+. The summed E-state index contributed by atoms with van der Waals surface area (Å²) in [5.41, 5.74) is 2.42. The zero-order valence-electron chi connectivity index (χ0n) is 11.6. The fraction of sp³-hybridized carbons (Fsp3) is 0.467. The summed E-state index contributed by atoms with van der Waals surface area (Å²) in [5.74, 6) is 0.200. The summed E-state index contributed by atoms with van der Waals surface area (Å²) < 4.78 is 23.3. The van der Waals surface area contributed by atoms with Crippen LogP contribution in [0.25, 0.3) is 0 Å². The molecule has 0 spiro atoms. The maximum atomic E-state index is 11.6. The highest BCUT2D eigenvalue weighted by Gasteiger charge is 2.05. The van der Waals surface area contributed by atoms with Gasteiger partial charge in [-0.25, -0.2) is 8.42 Å². The number of rotatable bonds is 8. The number of allylic oxidation sites excluding steroid dienone is 5. The molecule has 0 aromatic carbocycles. The molecular formula is C15H24O2S. The Bertz CT molecular complexity index is 433. The molecule has 0 radical (unpaired) electrons. The molecule has 0 bridgehead atoms. The topological polar surface area (TPSA) is 34.1 Å². The van der Waals surface area contributed by atoms with E-state index >= 15 is 0 Å². The van der Waals surface area contributed by atoms with E-state index in [4.69, 9.17) is 0 Å². The lowest BCUT2D eigenvalue weighted by Gasteiger charge is -2.00. The van der Waals surface area contributed by atoms with Crippen LogP contribution in [-0.4, -0.2) is 19.9 Å². The van der Waals surface area contributed by atoms with E-state index in [2.05, 4.69) is 26.5 Å². The SMILES string of the molecule is C=CC=CCS(=O)(=O)C/C=C(\C)CCC=C(C)C. The zero-order valence-corrected chi connectivity index (χ0v) is 12.5. The van der Waals surface area contributed by atoms with Crippen LogP contribution in [-0.2, 0) is 9.84 Å². The first kappa shape index (κ1) is 16.9. The summed E-state index contributed by atoms with van der Waals surface area (Å²) in [4.78, 5) is 0. The molecule has 0 aliphatic carbocycles. The van der Waals surface area contributed by atoms with Gasteiger partial charge in [0.1, 0.15) is 0 Å². The van der Waals surface area contributed by atoms with Crippen LogP contribution in [0, 0.1) is 0 Å². The first-order valence-corrected chi connectivity index (χ1v) is 7.96. The maximum Gasteiger partial charge on any atom is 0.157 e. The Morgan fingerprint density at radius 2 is 1.78 bits per heavy atom. The quantitative estimate of drug-likeness (QED) is 0.495. The third-order valence-electron chi connectivity index (χ3n) is 2.40. The maximum absolute atomic E-state index is 11.6. The molecule has 0 aliphatic heterocycles. The van der Waals surface area contributed by atoms with Crippen molar-refractivity contribution < 1.29 is 8.42 Å². The molecule has 0 aromatic rings. The predicted octanol–water partition coefficient (Wildman–Crippen LogP) is 3.84. The molecule has 0 atom stereocenters. The molecule has 0 unspecified atom stereocenters. The molecule has 0 saturated heterocycles. The van der Waals surface area contributed by atoms with E-state index < -0.39 is 9.84 Å². The minimum absolute atomic E-state index is 0.0801. The van der Waals surface area contributed by atoms with Crippen molar-refractivity contribution in [1.82, 2.24) is 0 Å². The molecule has 3 heteroatoms. The minimum Gasteiger partial charge on any atom is -0.228 e. The van der Waals surface area contributed by atoms with Gasteiger partial charge in [0.05, 0.1) is 11.5 Å². The van der Waals surface area contributed by atoms with Crippen molar-refractivity contribution >= 4 is 9.84 Å². The van der Waals surface area contributed by atoms with Crippen LogP contribution in [0.15, 0.2) is 48.1 Å². The Balaban J connectivity index is 4.23. The normalized spacial score (nSPS) is 12.7. The van der Waals surface area contributed by atoms with Crippen molar-refractivity contribution in [2.24, 2.45) is 0 Å². The molecule has 0 amide bonds. The number of hydrogen-bond donors (Lipinski definition) is 0. The predicted molar refractivity (Wildman–Crippen MR) is 80.4 cm³/mol. The Morgan fingerprint density at radius 1 is 1.11 bits per heavy atom. The number of sulfone groups is 1. The molecule has 102 valence electrons. The lowest BCUT2D eigenvalue weighted by atomic mass is 10.1. The second-order valence-electron chi connectivity index (χ2n) is 4.61. The Kier molecular flexibility index (Phi) is 8.38. The Morgan fingerprint density at radius 3 is 2.33 bits per heavy atom. The largest absolute Gasteiger partial charge is 0.228 e. The van der Waals surface area contributed by atoms with Crippen molar-refractivity contribution in [2.75, 3.05) is 11.5 Å². The highest BCUT2D eigenvalue weighted by Crippen LogP contribution is 2.07. The van der Waals surface area contributed by atoms with Crippen molar-refractivity contribution in [3.63, 3.8) is 0 Å². The molecule has 0 aromatic heterocycles. The first-order valence-electron chi connectivity index (χ1n) is 6.14. The Hall–Kier alpha value is -1.09. The second-order valence-corrected chi connectivity index (χ2v) is 6.77. The van der Waals surface area contributed by atoms with Gasteiger partial charge < -0.3 is 0 Å². The zero-order chi connectivity index (χ0) is 14.0. The fourth-order valence-electron chi connectivity index (χ4n) is 1.33. The van der Waals surface area contributed by atoms with Gasteiger partial charge in [-0.3, -0.25) is 0 Å². The van der Waals surface area contributed by atoms with Gasteiger partial charge in [-0.05, 0) is 33.6 Å². The van der Waals surface area contributed by atoms with Crippen LogP contribution in [0.4, 0.5) is 0 Å². The van der Waals surface area contributed by atoms with Gasteiger partial charge in [-0.2, -0.15) is 0 Å². The molecule has 18 heavy (non-hydrogen) atoms. The third-order valence-corrected chi connectivity index (χ3v) is 3.77. The van der Waals surface area contributed by atoms with E-state index in [1.807, 2.05) is 13.0 Å². The van der Waals surface area contributed by atoms with E-state index in [9.17, 15) is 8.42 Å². The lowest BCUT2D eigenvalue weighted by Crippen LogP contribution is -2.07. The summed E-state index contributed by atoms with van der Waals surface area (Å²) in [6.45, 7) is 9.61. The molecule has 0 saturated carbocycles. The Labute approximate surface area is 112 Å². The van der Waals surface area contributed by atoms with E-state index in [1.54, 1.807) is 18.2 Å². The van der Waals surface area contributed by atoms with Crippen LogP contribution in [0.3, 0.4) is 0 Å². The van der Waals surface area contributed by atoms with Gasteiger partial charge in [-0.1, -0.05) is 48.1 Å². The third kappa shape index (κ3) is 10.1. The lowest BCUT2D eigenvalue weighted by molar-refractivity contribution is 0.601. The summed E-state index contributed by atoms with van der Waals surface area (Å²) in [6.07, 6.45) is 10.7. The van der Waals surface area contributed by atoms with Gasteiger partial charge >= 0.3 is 0 Å².